The van der Waals surface area contributed by atoms with Gasteiger partial charge in [0, 0.05) is 31.6 Å². The van der Waals surface area contributed by atoms with Crippen LogP contribution in [-0.4, -0.2) is 36.6 Å². The van der Waals surface area contributed by atoms with E-state index in [-0.39, 0.29) is 5.41 Å². The highest BCUT2D eigenvalue weighted by Crippen LogP contribution is 2.60. The number of amides is 1. The van der Waals surface area contributed by atoms with E-state index in [9.17, 15) is 4.79 Å². The average Bonchev–Trinajstić information content (AvgIpc) is 2.65. The fraction of sp³-hybridized carbons (Fsp3) is 0.708. The molecule has 1 amide bonds. The molecule has 1 atom stereocenters. The summed E-state index contributed by atoms with van der Waals surface area (Å²) in [6.07, 6.45) is 7.88. The Kier molecular flexibility index (Phi) is 4.96. The maximum atomic E-state index is 13.2. The normalized spacial score (nSPS) is 37.2. The summed E-state index contributed by atoms with van der Waals surface area (Å²) in [5.41, 5.74) is 2.50. The second kappa shape index (κ2) is 7.46. The molecule has 0 aromatic heterocycles. The summed E-state index contributed by atoms with van der Waals surface area (Å²) in [5, 5.41) is 3.32. The van der Waals surface area contributed by atoms with Gasteiger partial charge in [0.15, 0.2) is 0 Å². The molecule has 4 bridgehead atoms. The molecule has 1 aromatic carbocycles. The van der Waals surface area contributed by atoms with E-state index >= 15 is 0 Å². The molecule has 1 N–H and O–H groups in total. The van der Waals surface area contributed by atoms with E-state index in [0.29, 0.717) is 18.6 Å². The van der Waals surface area contributed by atoms with Gasteiger partial charge in [-0.2, -0.15) is 0 Å². The number of hydrogen-bond donors (Lipinski definition) is 1. The Morgan fingerprint density at radius 2 is 1.82 bits per heavy atom. The standard InChI is InChI=1S/C24H34N2O2/c1-17-15-26(5-6-28-17)16-19-4-2-3-18(7-19)14-25-23(27)24-11-20-8-21(12-24)10-22(9-20)13-24/h2-4,7,17,20-22H,5-6,8-16H2,1H3,(H,25,27)/t17-,20?,21?,22?,24?/m1/s1. The number of carbonyl (C=O) groups excluding carboxylic acids is 1. The summed E-state index contributed by atoms with van der Waals surface area (Å²) >= 11 is 0. The van der Waals surface area contributed by atoms with Crippen molar-refractivity contribution in [1.82, 2.24) is 10.2 Å². The van der Waals surface area contributed by atoms with Crippen molar-refractivity contribution >= 4 is 5.91 Å². The van der Waals surface area contributed by atoms with Crippen molar-refractivity contribution in [1.29, 1.82) is 0 Å². The van der Waals surface area contributed by atoms with Crippen LogP contribution in [0.15, 0.2) is 24.3 Å². The van der Waals surface area contributed by atoms with Crippen LogP contribution in [0.25, 0.3) is 0 Å². The summed E-state index contributed by atoms with van der Waals surface area (Å²) in [6.45, 7) is 6.58. The van der Waals surface area contributed by atoms with Crippen molar-refractivity contribution in [3.8, 4) is 0 Å². The number of benzene rings is 1. The molecule has 5 fully saturated rings. The Morgan fingerprint density at radius 1 is 1.14 bits per heavy atom. The molecule has 0 unspecified atom stereocenters. The number of nitrogens with zero attached hydrogens (tertiary/aromatic N) is 1. The largest absolute Gasteiger partial charge is 0.376 e. The minimum absolute atomic E-state index is 0.0453. The topological polar surface area (TPSA) is 41.6 Å². The molecule has 0 spiro atoms. The van der Waals surface area contributed by atoms with Gasteiger partial charge in [0.05, 0.1) is 12.7 Å². The van der Waals surface area contributed by atoms with Crippen molar-refractivity contribution in [2.45, 2.75) is 64.6 Å². The molecule has 1 aliphatic heterocycles. The predicted octanol–water partition coefficient (Wildman–Crippen LogP) is 3.74. The molecule has 4 heteroatoms. The van der Waals surface area contributed by atoms with Crippen molar-refractivity contribution in [3.05, 3.63) is 35.4 Å². The molecule has 152 valence electrons. The monoisotopic (exact) mass is 382 g/mol. The zero-order valence-electron chi connectivity index (χ0n) is 17.2. The lowest BCUT2D eigenvalue weighted by Gasteiger charge is -2.55. The van der Waals surface area contributed by atoms with E-state index in [0.717, 1.165) is 63.3 Å². The molecule has 0 radical (unpaired) electrons. The van der Waals surface area contributed by atoms with Crippen LogP contribution in [-0.2, 0) is 22.6 Å². The number of nitrogens with one attached hydrogen (secondary N) is 1. The van der Waals surface area contributed by atoms with Crippen LogP contribution >= 0.6 is 0 Å². The van der Waals surface area contributed by atoms with Gasteiger partial charge < -0.3 is 10.1 Å². The molecule has 28 heavy (non-hydrogen) atoms. The first-order chi connectivity index (χ1) is 13.6. The van der Waals surface area contributed by atoms with Crippen LogP contribution in [0.1, 0.15) is 56.6 Å². The van der Waals surface area contributed by atoms with Crippen LogP contribution in [0.4, 0.5) is 0 Å². The third kappa shape index (κ3) is 3.73. The smallest absolute Gasteiger partial charge is 0.226 e. The van der Waals surface area contributed by atoms with E-state index in [1.54, 1.807) is 0 Å². The third-order valence-electron chi connectivity index (χ3n) is 7.70. The average molecular weight is 383 g/mol. The van der Waals surface area contributed by atoms with Crippen molar-refractivity contribution in [2.24, 2.45) is 23.2 Å². The molecular formula is C24H34N2O2. The van der Waals surface area contributed by atoms with Gasteiger partial charge in [-0.25, -0.2) is 0 Å². The van der Waals surface area contributed by atoms with E-state index < -0.39 is 0 Å². The Bertz CT molecular complexity index is 696. The van der Waals surface area contributed by atoms with Crippen LogP contribution in [0.5, 0.6) is 0 Å². The van der Waals surface area contributed by atoms with Crippen molar-refractivity contribution in [3.63, 3.8) is 0 Å². The predicted molar refractivity (Wildman–Crippen MR) is 110 cm³/mol. The van der Waals surface area contributed by atoms with Crippen LogP contribution in [0.3, 0.4) is 0 Å². The van der Waals surface area contributed by atoms with Crippen LogP contribution in [0.2, 0.25) is 0 Å². The zero-order valence-corrected chi connectivity index (χ0v) is 17.2. The lowest BCUT2D eigenvalue weighted by molar-refractivity contribution is -0.146. The molecule has 4 aliphatic carbocycles. The zero-order chi connectivity index (χ0) is 19.1. The van der Waals surface area contributed by atoms with Gasteiger partial charge in [0.1, 0.15) is 0 Å². The maximum absolute atomic E-state index is 13.2. The van der Waals surface area contributed by atoms with Gasteiger partial charge in [0.25, 0.3) is 0 Å². The van der Waals surface area contributed by atoms with Gasteiger partial charge in [-0.1, -0.05) is 24.3 Å². The fourth-order valence-corrected chi connectivity index (χ4v) is 6.89. The number of hydrogen-bond acceptors (Lipinski definition) is 3. The molecule has 4 nitrogen and oxygen atoms in total. The molecule has 1 heterocycles. The fourth-order valence-electron chi connectivity index (χ4n) is 6.89. The number of rotatable bonds is 5. The van der Waals surface area contributed by atoms with E-state index in [4.69, 9.17) is 4.74 Å². The Morgan fingerprint density at radius 3 is 2.50 bits per heavy atom. The number of ether oxygens (including phenoxy) is 1. The third-order valence-corrected chi connectivity index (χ3v) is 7.70. The molecular weight excluding hydrogens is 348 g/mol. The highest BCUT2D eigenvalue weighted by atomic mass is 16.5. The number of carbonyl (C=O) groups is 1. The van der Waals surface area contributed by atoms with Crippen molar-refractivity contribution < 1.29 is 9.53 Å². The first-order valence-electron chi connectivity index (χ1n) is 11.3. The Labute approximate surface area is 169 Å². The lowest BCUT2D eigenvalue weighted by Crippen LogP contribution is -2.53. The van der Waals surface area contributed by atoms with E-state index in [1.165, 1.54) is 30.4 Å². The summed E-state index contributed by atoms with van der Waals surface area (Å²) < 4.78 is 5.65. The second-order valence-electron chi connectivity index (χ2n) is 10.1. The SMILES string of the molecule is C[C@@H]1CN(Cc2cccc(CNC(=O)C34CC5CC(CC(C5)C3)C4)c2)CCO1. The molecule has 1 saturated heterocycles. The summed E-state index contributed by atoms with van der Waals surface area (Å²) in [7, 11) is 0. The summed E-state index contributed by atoms with van der Waals surface area (Å²) in [4.78, 5) is 15.6. The maximum Gasteiger partial charge on any atom is 0.226 e. The van der Waals surface area contributed by atoms with Gasteiger partial charge >= 0.3 is 0 Å². The van der Waals surface area contributed by atoms with Crippen LogP contribution in [0, 0.1) is 23.2 Å². The van der Waals surface area contributed by atoms with E-state index in [1.807, 2.05) is 0 Å². The molecule has 6 rings (SSSR count). The molecule has 5 aliphatic rings. The van der Waals surface area contributed by atoms with Gasteiger partial charge in [-0.05, 0) is 74.3 Å². The Hall–Kier alpha value is -1.39. The quantitative estimate of drug-likeness (QED) is 0.843. The van der Waals surface area contributed by atoms with Gasteiger partial charge in [-0.15, -0.1) is 0 Å². The van der Waals surface area contributed by atoms with Gasteiger partial charge in [-0.3, -0.25) is 9.69 Å². The molecule has 4 saturated carbocycles. The van der Waals surface area contributed by atoms with Gasteiger partial charge in [0.2, 0.25) is 5.91 Å². The Balaban J connectivity index is 1.19. The first kappa shape index (κ1) is 18.6. The highest BCUT2D eigenvalue weighted by Gasteiger charge is 2.54. The van der Waals surface area contributed by atoms with Crippen LogP contribution < -0.4 is 5.32 Å². The minimum Gasteiger partial charge on any atom is -0.376 e. The lowest BCUT2D eigenvalue weighted by atomic mass is 9.49. The summed E-state index contributed by atoms with van der Waals surface area (Å²) in [5.74, 6) is 2.78. The van der Waals surface area contributed by atoms with E-state index in [2.05, 4.69) is 41.4 Å². The highest BCUT2D eigenvalue weighted by molar-refractivity contribution is 5.83. The second-order valence-corrected chi connectivity index (χ2v) is 10.1. The summed E-state index contributed by atoms with van der Waals surface area (Å²) in [6, 6.07) is 8.74. The molecule has 1 aromatic rings. The first-order valence-corrected chi connectivity index (χ1v) is 11.3. The number of morpholine rings is 1. The van der Waals surface area contributed by atoms with Crippen molar-refractivity contribution in [2.75, 3.05) is 19.7 Å². The minimum atomic E-state index is -0.0453.